The molecule has 2 aromatic rings. The molecule has 3 N–H and O–H groups in total. The highest BCUT2D eigenvalue weighted by Gasteiger charge is 2.15. The number of nitrogens with zero attached hydrogens (tertiary/aromatic N) is 4. The smallest absolute Gasteiger partial charge is 0.154 e. The van der Waals surface area contributed by atoms with Crippen LogP contribution in [-0.2, 0) is 0 Å². The largest absolute Gasteiger partial charge is 0.455 e. The van der Waals surface area contributed by atoms with Gasteiger partial charge in [0.15, 0.2) is 5.75 Å². The predicted octanol–water partition coefficient (Wildman–Crippen LogP) is 7.02. The molecule has 7 heteroatoms. The predicted molar refractivity (Wildman–Crippen MR) is 160 cm³/mol. The molecule has 1 unspecified atom stereocenters. The van der Waals surface area contributed by atoms with E-state index >= 15 is 0 Å². The summed E-state index contributed by atoms with van der Waals surface area (Å²) >= 11 is 0. The van der Waals surface area contributed by atoms with Gasteiger partial charge >= 0.3 is 0 Å². The van der Waals surface area contributed by atoms with Gasteiger partial charge in [-0.3, -0.25) is 4.99 Å². The van der Waals surface area contributed by atoms with Crippen LogP contribution in [0.4, 0.5) is 0 Å². The lowest BCUT2D eigenvalue weighted by Gasteiger charge is -2.15. The van der Waals surface area contributed by atoms with E-state index < -0.39 is 6.10 Å². The van der Waals surface area contributed by atoms with E-state index in [0.717, 1.165) is 29.7 Å². The van der Waals surface area contributed by atoms with E-state index in [9.17, 15) is 10.4 Å². The zero-order valence-corrected chi connectivity index (χ0v) is 23.8. The lowest BCUT2D eigenvalue weighted by molar-refractivity contribution is 0.186. The number of aliphatic hydroxyl groups is 1. The number of aliphatic hydroxyl groups excluding tert-OH is 1. The minimum atomic E-state index is -0.819. The second-order valence-electron chi connectivity index (χ2n) is 9.41. The van der Waals surface area contributed by atoms with Gasteiger partial charge in [-0.05, 0) is 56.9 Å². The van der Waals surface area contributed by atoms with Crippen molar-refractivity contribution < 1.29 is 9.84 Å². The van der Waals surface area contributed by atoms with Gasteiger partial charge in [0, 0.05) is 36.2 Å². The van der Waals surface area contributed by atoms with Crippen LogP contribution in [0.1, 0.15) is 77.5 Å². The summed E-state index contributed by atoms with van der Waals surface area (Å²) in [5.74, 6) is 1.05. The van der Waals surface area contributed by atoms with Crippen molar-refractivity contribution in [1.29, 1.82) is 5.26 Å². The maximum Gasteiger partial charge on any atom is 0.154 e. The van der Waals surface area contributed by atoms with E-state index in [1.807, 2.05) is 45.1 Å². The molecule has 0 aliphatic rings. The third kappa shape index (κ3) is 9.68. The fraction of sp³-hybridized carbons (Fsp3) is 0.344. The van der Waals surface area contributed by atoms with Crippen LogP contribution >= 0.6 is 0 Å². The molecule has 1 aromatic carbocycles. The first-order chi connectivity index (χ1) is 18.7. The van der Waals surface area contributed by atoms with E-state index in [1.54, 1.807) is 35.3 Å². The van der Waals surface area contributed by atoms with Crippen LogP contribution in [-0.4, -0.2) is 27.1 Å². The maximum atomic E-state index is 10.1. The number of nitrogens with two attached hydrogens (primary N) is 1. The molecule has 7 nitrogen and oxygen atoms in total. The van der Waals surface area contributed by atoms with Crippen molar-refractivity contribution in [2.75, 3.05) is 6.54 Å². The number of nitriles is 1. The van der Waals surface area contributed by atoms with E-state index in [-0.39, 0.29) is 6.54 Å². The Hall–Kier alpha value is -3.99. The van der Waals surface area contributed by atoms with Gasteiger partial charge in [-0.2, -0.15) is 10.4 Å². The summed E-state index contributed by atoms with van der Waals surface area (Å²) < 4.78 is 8.09. The summed E-state index contributed by atoms with van der Waals surface area (Å²) in [6.45, 7) is 14.4. The molecule has 1 aromatic heterocycles. The topological polar surface area (TPSA) is 109 Å². The van der Waals surface area contributed by atoms with Crippen LogP contribution in [0.25, 0.3) is 5.69 Å². The van der Waals surface area contributed by atoms with Gasteiger partial charge in [-0.15, -0.1) is 0 Å². The molecule has 0 saturated carbocycles. The van der Waals surface area contributed by atoms with Crippen LogP contribution in [0, 0.1) is 11.3 Å². The lowest BCUT2D eigenvalue weighted by atomic mass is 10.1. The molecule has 0 fully saturated rings. The normalized spacial score (nSPS) is 13.3. The average molecular weight is 528 g/mol. The van der Waals surface area contributed by atoms with E-state index in [4.69, 9.17) is 15.5 Å². The fourth-order valence-electron chi connectivity index (χ4n) is 3.48. The molecule has 0 bridgehead atoms. The molecule has 206 valence electrons. The summed E-state index contributed by atoms with van der Waals surface area (Å²) in [4.78, 5) is 4.73. The minimum absolute atomic E-state index is 0.0861. The highest BCUT2D eigenvalue weighted by atomic mass is 16.5. The number of unbranched alkanes of at least 4 members (excludes halogenated alkanes) is 2. The number of rotatable bonds is 14. The Kier molecular flexibility index (Phi) is 12.9. The van der Waals surface area contributed by atoms with Crippen molar-refractivity contribution in [3.63, 3.8) is 0 Å². The molecule has 2 rings (SSSR count). The molecule has 1 heterocycles. The zero-order chi connectivity index (χ0) is 28.8. The van der Waals surface area contributed by atoms with E-state index in [1.165, 1.54) is 12.8 Å². The van der Waals surface area contributed by atoms with Gasteiger partial charge in [0.25, 0.3) is 0 Å². The number of ether oxygens (including phenoxy) is 1. The maximum absolute atomic E-state index is 10.1. The lowest BCUT2D eigenvalue weighted by Crippen LogP contribution is -2.10. The Morgan fingerprint density at radius 3 is 2.69 bits per heavy atom. The molecule has 0 aliphatic heterocycles. The number of hydrogen-bond donors (Lipinski definition) is 2. The minimum Gasteiger partial charge on any atom is -0.455 e. The van der Waals surface area contributed by atoms with Gasteiger partial charge < -0.3 is 15.6 Å². The van der Waals surface area contributed by atoms with Crippen LogP contribution in [0.15, 0.2) is 95.1 Å². The zero-order valence-electron chi connectivity index (χ0n) is 23.8. The highest BCUT2D eigenvalue weighted by Crippen LogP contribution is 2.29. The van der Waals surface area contributed by atoms with Gasteiger partial charge in [0.2, 0.25) is 0 Å². The average Bonchev–Trinajstić information content (AvgIpc) is 3.42. The second kappa shape index (κ2) is 16.1. The summed E-state index contributed by atoms with van der Waals surface area (Å²) in [7, 11) is 0. The van der Waals surface area contributed by atoms with E-state index in [0.29, 0.717) is 34.0 Å². The fourth-order valence-corrected chi connectivity index (χ4v) is 3.48. The Bertz CT molecular complexity index is 1310. The molecule has 0 aliphatic carbocycles. The molecule has 39 heavy (non-hydrogen) atoms. The summed E-state index contributed by atoms with van der Waals surface area (Å²) in [6.07, 6.45) is 16.6. The number of aliphatic imine (C=N–C) groups is 1. The molecule has 0 saturated heterocycles. The Morgan fingerprint density at radius 1 is 1.28 bits per heavy atom. The van der Waals surface area contributed by atoms with Crippen LogP contribution in [0.5, 0.6) is 5.75 Å². The van der Waals surface area contributed by atoms with Crippen molar-refractivity contribution in [3.8, 4) is 17.5 Å². The van der Waals surface area contributed by atoms with Crippen LogP contribution < -0.4 is 10.5 Å². The third-order valence-electron chi connectivity index (χ3n) is 5.93. The Labute approximate surface area is 233 Å². The molecular formula is C32H41N5O2. The van der Waals surface area contributed by atoms with Crippen LogP contribution in [0.3, 0.4) is 0 Å². The third-order valence-corrected chi connectivity index (χ3v) is 5.93. The molecule has 0 spiro atoms. The van der Waals surface area contributed by atoms with Gasteiger partial charge in [-0.25, -0.2) is 4.68 Å². The first-order valence-electron chi connectivity index (χ1n) is 13.3. The molecule has 0 radical (unpaired) electrons. The van der Waals surface area contributed by atoms with Crippen molar-refractivity contribution in [2.45, 2.75) is 66.4 Å². The SMILES string of the molecule is C=C(/C=C\C=C/CCCC)/C(=C/C(Oc1cc(C#N)ccc1-n1cc(C(O)CN)cn1)=C(\C)CC)N=C(C)C. The summed E-state index contributed by atoms with van der Waals surface area (Å²) in [5.41, 5.74) is 10.6. The Balaban J connectivity index is 2.53. The first kappa shape index (κ1) is 31.2. The van der Waals surface area contributed by atoms with E-state index in [2.05, 4.69) is 37.7 Å². The van der Waals surface area contributed by atoms with Crippen molar-refractivity contribution in [2.24, 2.45) is 10.7 Å². The first-order valence-corrected chi connectivity index (χ1v) is 13.3. The van der Waals surface area contributed by atoms with Crippen molar-refractivity contribution in [3.05, 3.63) is 101 Å². The van der Waals surface area contributed by atoms with Crippen molar-refractivity contribution >= 4 is 5.71 Å². The monoisotopic (exact) mass is 527 g/mol. The number of aromatic nitrogens is 2. The molecule has 0 amide bonds. The second-order valence-corrected chi connectivity index (χ2v) is 9.41. The number of benzene rings is 1. The number of allylic oxidation sites excluding steroid dienone is 6. The molecule has 1 atom stereocenters. The van der Waals surface area contributed by atoms with Gasteiger partial charge in [-0.1, -0.05) is 57.6 Å². The molecular weight excluding hydrogens is 486 g/mol. The van der Waals surface area contributed by atoms with Gasteiger partial charge in [0.1, 0.15) is 11.4 Å². The van der Waals surface area contributed by atoms with Gasteiger partial charge in [0.05, 0.1) is 29.6 Å². The highest BCUT2D eigenvalue weighted by molar-refractivity contribution is 5.81. The number of hydrogen-bond acceptors (Lipinski definition) is 6. The summed E-state index contributed by atoms with van der Waals surface area (Å²) in [6, 6.07) is 7.32. The van der Waals surface area contributed by atoms with Crippen molar-refractivity contribution in [1.82, 2.24) is 9.78 Å². The van der Waals surface area contributed by atoms with Crippen LogP contribution in [0.2, 0.25) is 0 Å². The summed E-state index contributed by atoms with van der Waals surface area (Å²) in [5, 5.41) is 24.1. The Morgan fingerprint density at radius 2 is 2.05 bits per heavy atom. The quantitative estimate of drug-likeness (QED) is 0.119. The standard InChI is InChI=1S/C32H41N5O2/c1-7-9-10-11-12-13-14-25(6)28(36-23(3)4)18-31(24(5)8-2)39-32-17-26(19-33)15-16-29(32)37-22-27(21-35-37)30(38)20-34/h11-18,21-22,30,38H,6-10,20,34H2,1-5H3/b12-11-,14-13-,28-18-,31-24-.